The van der Waals surface area contributed by atoms with Gasteiger partial charge in [0.05, 0.1) is 19.8 Å². The monoisotopic (exact) mass is 252 g/mol. The third kappa shape index (κ3) is 3.39. The van der Waals surface area contributed by atoms with Crippen molar-refractivity contribution in [2.24, 2.45) is 0 Å². The fraction of sp³-hybridized carbons (Fsp3) is 1.00. The topological polar surface area (TPSA) is 70.1 Å². The molecule has 0 saturated carbocycles. The number of hydrogen-bond donors (Lipinski definition) is 1. The smallest absolute Gasteiger partial charge is 0.282 e. The van der Waals surface area contributed by atoms with Crippen molar-refractivity contribution in [3.05, 3.63) is 0 Å². The van der Waals surface area contributed by atoms with E-state index in [9.17, 15) is 8.42 Å². The molecule has 1 saturated heterocycles. The number of aliphatic hydroxyl groups is 1. The predicted octanol–water partition coefficient (Wildman–Crippen LogP) is -0.732. The highest BCUT2D eigenvalue weighted by Gasteiger charge is 2.29. The van der Waals surface area contributed by atoms with Gasteiger partial charge in [0, 0.05) is 26.2 Å². The van der Waals surface area contributed by atoms with Gasteiger partial charge >= 0.3 is 0 Å². The van der Waals surface area contributed by atoms with Crippen molar-refractivity contribution in [1.82, 2.24) is 8.61 Å². The second-order valence-electron chi connectivity index (χ2n) is 3.64. The van der Waals surface area contributed by atoms with E-state index in [0.29, 0.717) is 32.8 Å². The van der Waals surface area contributed by atoms with Crippen LogP contribution in [-0.2, 0) is 14.9 Å². The fourth-order valence-corrected chi connectivity index (χ4v) is 3.31. The summed E-state index contributed by atoms with van der Waals surface area (Å²) < 4.78 is 32.2. The molecule has 0 spiro atoms. The molecule has 1 aliphatic rings. The van der Waals surface area contributed by atoms with Crippen molar-refractivity contribution in [1.29, 1.82) is 0 Å². The molecule has 0 amide bonds. The largest absolute Gasteiger partial charge is 0.395 e. The summed E-state index contributed by atoms with van der Waals surface area (Å²) in [5.41, 5.74) is 0. The minimum Gasteiger partial charge on any atom is -0.395 e. The van der Waals surface area contributed by atoms with Crippen LogP contribution in [0, 0.1) is 0 Å². The van der Waals surface area contributed by atoms with Gasteiger partial charge in [0.25, 0.3) is 10.2 Å². The normalized spacial score (nSPS) is 19.2. The number of rotatable bonds is 6. The number of nitrogens with zero attached hydrogens (tertiary/aromatic N) is 2. The second kappa shape index (κ2) is 6.51. The van der Waals surface area contributed by atoms with Crippen LogP contribution in [0.15, 0.2) is 0 Å². The summed E-state index contributed by atoms with van der Waals surface area (Å²) in [4.78, 5) is 0. The molecule has 96 valence electrons. The van der Waals surface area contributed by atoms with Crippen LogP contribution in [0.2, 0.25) is 0 Å². The van der Waals surface area contributed by atoms with Crippen LogP contribution in [-0.4, -0.2) is 68.1 Å². The van der Waals surface area contributed by atoms with E-state index in [1.165, 1.54) is 8.61 Å². The Morgan fingerprint density at radius 3 is 2.44 bits per heavy atom. The van der Waals surface area contributed by atoms with Gasteiger partial charge < -0.3 is 9.84 Å². The Kier molecular flexibility index (Phi) is 5.63. The molecule has 0 radical (unpaired) electrons. The lowest BCUT2D eigenvalue weighted by Crippen LogP contribution is -2.49. The first-order chi connectivity index (χ1) is 7.62. The van der Waals surface area contributed by atoms with Gasteiger partial charge in [-0.25, -0.2) is 0 Å². The average molecular weight is 252 g/mol. The maximum Gasteiger partial charge on any atom is 0.282 e. The minimum absolute atomic E-state index is 0.149. The van der Waals surface area contributed by atoms with Crippen LogP contribution in [0.3, 0.4) is 0 Å². The lowest BCUT2D eigenvalue weighted by molar-refractivity contribution is 0.0697. The van der Waals surface area contributed by atoms with Gasteiger partial charge in [0.2, 0.25) is 0 Å². The van der Waals surface area contributed by atoms with E-state index in [1.54, 1.807) is 0 Å². The van der Waals surface area contributed by atoms with E-state index in [1.807, 2.05) is 6.92 Å². The van der Waals surface area contributed by atoms with E-state index in [4.69, 9.17) is 9.84 Å². The Morgan fingerprint density at radius 1 is 1.31 bits per heavy atom. The van der Waals surface area contributed by atoms with Gasteiger partial charge in [0.1, 0.15) is 0 Å². The maximum atomic E-state index is 12.2. The summed E-state index contributed by atoms with van der Waals surface area (Å²) in [6.45, 7) is 4.05. The van der Waals surface area contributed by atoms with Crippen LogP contribution in [0.25, 0.3) is 0 Å². The van der Waals surface area contributed by atoms with E-state index in [0.717, 1.165) is 6.42 Å². The third-order valence-electron chi connectivity index (χ3n) is 2.45. The van der Waals surface area contributed by atoms with Crippen molar-refractivity contribution in [2.75, 3.05) is 46.0 Å². The quantitative estimate of drug-likeness (QED) is 0.676. The number of morpholine rings is 1. The molecule has 1 rings (SSSR count). The molecule has 1 aliphatic heterocycles. The Hall–Kier alpha value is -0.210. The molecule has 0 aromatic carbocycles. The number of ether oxygens (including phenoxy) is 1. The van der Waals surface area contributed by atoms with Gasteiger partial charge in [-0.2, -0.15) is 17.0 Å². The lowest BCUT2D eigenvalue weighted by Gasteiger charge is -2.31. The van der Waals surface area contributed by atoms with E-state index in [-0.39, 0.29) is 13.2 Å². The van der Waals surface area contributed by atoms with Crippen molar-refractivity contribution in [3.63, 3.8) is 0 Å². The lowest BCUT2D eigenvalue weighted by atomic mass is 10.5. The van der Waals surface area contributed by atoms with Crippen molar-refractivity contribution in [3.8, 4) is 0 Å². The van der Waals surface area contributed by atoms with Gasteiger partial charge in [-0.1, -0.05) is 6.92 Å². The summed E-state index contributed by atoms with van der Waals surface area (Å²) in [6, 6.07) is 0. The molecule has 7 heteroatoms. The minimum atomic E-state index is -3.42. The van der Waals surface area contributed by atoms with Crippen LogP contribution in [0.1, 0.15) is 13.3 Å². The Morgan fingerprint density at radius 2 is 1.94 bits per heavy atom. The Labute approximate surface area is 97.0 Å². The molecule has 16 heavy (non-hydrogen) atoms. The first-order valence-electron chi connectivity index (χ1n) is 5.56. The SMILES string of the molecule is CCCN(CCO)S(=O)(=O)N1CCOCC1. The molecule has 1 fully saturated rings. The highest BCUT2D eigenvalue weighted by Crippen LogP contribution is 2.11. The van der Waals surface area contributed by atoms with Crippen molar-refractivity contribution < 1.29 is 18.3 Å². The second-order valence-corrected chi connectivity index (χ2v) is 5.57. The summed E-state index contributed by atoms with van der Waals surface area (Å²) in [5, 5.41) is 8.88. The van der Waals surface area contributed by atoms with E-state index < -0.39 is 10.2 Å². The Balaban J connectivity index is 2.70. The zero-order valence-corrected chi connectivity index (χ0v) is 10.4. The average Bonchev–Trinajstić information content (AvgIpc) is 2.30. The molecule has 6 nitrogen and oxygen atoms in total. The maximum absolute atomic E-state index is 12.2. The van der Waals surface area contributed by atoms with Crippen molar-refractivity contribution in [2.45, 2.75) is 13.3 Å². The zero-order valence-electron chi connectivity index (χ0n) is 9.63. The predicted molar refractivity (Wildman–Crippen MR) is 60.3 cm³/mol. The first kappa shape index (κ1) is 13.9. The van der Waals surface area contributed by atoms with Crippen LogP contribution in [0.5, 0.6) is 0 Å². The van der Waals surface area contributed by atoms with Gasteiger partial charge in [-0.15, -0.1) is 0 Å². The molecule has 0 bridgehead atoms. The molecule has 0 atom stereocenters. The van der Waals surface area contributed by atoms with Gasteiger partial charge in [-0.05, 0) is 6.42 Å². The van der Waals surface area contributed by atoms with Gasteiger partial charge in [0.15, 0.2) is 0 Å². The summed E-state index contributed by atoms with van der Waals surface area (Å²) in [7, 11) is -3.42. The van der Waals surface area contributed by atoms with E-state index >= 15 is 0 Å². The highest BCUT2D eigenvalue weighted by atomic mass is 32.2. The van der Waals surface area contributed by atoms with Crippen LogP contribution >= 0.6 is 0 Å². The molecule has 0 aliphatic carbocycles. The molecule has 1 heterocycles. The van der Waals surface area contributed by atoms with Crippen molar-refractivity contribution >= 4 is 10.2 Å². The summed E-state index contributed by atoms with van der Waals surface area (Å²) in [5.74, 6) is 0. The number of hydrogen-bond acceptors (Lipinski definition) is 4. The number of aliphatic hydroxyl groups excluding tert-OH is 1. The first-order valence-corrected chi connectivity index (χ1v) is 6.96. The Bertz CT molecular complexity index is 282. The standard InChI is InChI=1S/C9H20N2O4S/c1-2-3-10(4-7-12)16(13,14)11-5-8-15-9-6-11/h12H,2-9H2,1H3. The van der Waals surface area contributed by atoms with Crippen LogP contribution in [0.4, 0.5) is 0 Å². The molecular formula is C9H20N2O4S. The summed E-state index contributed by atoms with van der Waals surface area (Å²) in [6.07, 6.45) is 0.740. The zero-order chi connectivity index (χ0) is 12.0. The molecular weight excluding hydrogens is 232 g/mol. The van der Waals surface area contributed by atoms with Gasteiger partial charge in [-0.3, -0.25) is 0 Å². The molecule has 0 unspecified atom stereocenters. The third-order valence-corrected chi connectivity index (χ3v) is 4.48. The molecule has 0 aromatic heterocycles. The molecule has 1 N–H and O–H groups in total. The van der Waals surface area contributed by atoms with Crippen LogP contribution < -0.4 is 0 Å². The van der Waals surface area contributed by atoms with E-state index in [2.05, 4.69) is 0 Å². The summed E-state index contributed by atoms with van der Waals surface area (Å²) >= 11 is 0. The highest BCUT2D eigenvalue weighted by molar-refractivity contribution is 7.86. The molecule has 0 aromatic rings. The fourth-order valence-electron chi connectivity index (χ4n) is 1.64.